The van der Waals surface area contributed by atoms with Gasteiger partial charge in [-0.15, -0.1) is 0 Å². The summed E-state index contributed by atoms with van der Waals surface area (Å²) in [6.45, 7) is 2.54. The lowest BCUT2D eigenvalue weighted by Gasteiger charge is -2.14. The van der Waals surface area contributed by atoms with Crippen molar-refractivity contribution in [2.24, 2.45) is 0 Å². The molecule has 0 saturated carbocycles. The summed E-state index contributed by atoms with van der Waals surface area (Å²) < 4.78 is 2.64. The van der Waals surface area contributed by atoms with E-state index in [9.17, 15) is 4.79 Å². The van der Waals surface area contributed by atoms with Gasteiger partial charge in [-0.2, -0.15) is 0 Å². The van der Waals surface area contributed by atoms with Crippen LogP contribution >= 0.6 is 47.2 Å². The molecule has 0 N–H and O–H groups in total. The molecule has 1 aliphatic heterocycles. The number of carbonyl (C=O) groups excluding carboxylic acids is 1. The number of para-hydroxylation sites is 1. The number of thioether (sulfide) groups is 1. The Morgan fingerprint density at radius 2 is 1.67 bits per heavy atom. The molecule has 3 nitrogen and oxygen atoms in total. The van der Waals surface area contributed by atoms with Crippen molar-refractivity contribution in [3.8, 4) is 0 Å². The molecule has 164 valence electrons. The van der Waals surface area contributed by atoms with Gasteiger partial charge in [0.2, 0.25) is 0 Å². The summed E-state index contributed by atoms with van der Waals surface area (Å²) in [6, 6.07) is 21.4. The van der Waals surface area contributed by atoms with Crippen molar-refractivity contribution in [1.82, 2.24) is 4.57 Å². The molecule has 2 heterocycles. The standard InChI is InChI=1S/C26H18Cl2N2OS2/c1-16-9-11-18(12-10-16)30-25(31)24(33-26(30)32)13-17-14-29(23-8-3-2-5-19(17)23)15-20-21(27)6-4-7-22(20)28/h2-14H,15H2,1H3/b24-13+. The van der Waals surface area contributed by atoms with E-state index in [1.807, 2.05) is 79.9 Å². The van der Waals surface area contributed by atoms with Gasteiger partial charge < -0.3 is 4.57 Å². The Bertz CT molecular complexity index is 1420. The monoisotopic (exact) mass is 508 g/mol. The van der Waals surface area contributed by atoms with Crippen LogP contribution < -0.4 is 4.90 Å². The molecule has 0 radical (unpaired) electrons. The van der Waals surface area contributed by atoms with Gasteiger partial charge in [0.15, 0.2) is 4.32 Å². The zero-order chi connectivity index (χ0) is 23.1. The SMILES string of the molecule is Cc1ccc(N2C(=O)/C(=C\c3cn(Cc4c(Cl)cccc4Cl)c4ccccc34)SC2=S)cc1. The lowest BCUT2D eigenvalue weighted by atomic mass is 10.1. The molecule has 0 spiro atoms. The van der Waals surface area contributed by atoms with Crippen LogP contribution in [0.4, 0.5) is 5.69 Å². The third kappa shape index (κ3) is 4.22. The lowest BCUT2D eigenvalue weighted by Crippen LogP contribution is -2.27. The summed E-state index contributed by atoms with van der Waals surface area (Å²) in [6.07, 6.45) is 3.95. The van der Waals surface area contributed by atoms with Crippen LogP contribution in [0.2, 0.25) is 10.0 Å². The lowest BCUT2D eigenvalue weighted by molar-refractivity contribution is -0.113. The van der Waals surface area contributed by atoms with E-state index in [1.165, 1.54) is 11.8 Å². The minimum atomic E-state index is -0.111. The molecule has 0 aliphatic carbocycles. The summed E-state index contributed by atoms with van der Waals surface area (Å²) in [5, 5.41) is 2.29. The number of anilines is 1. The molecule has 1 amide bonds. The number of amides is 1. The predicted octanol–water partition coefficient (Wildman–Crippen LogP) is 7.71. The highest BCUT2D eigenvalue weighted by Crippen LogP contribution is 2.37. The molecular formula is C26H18Cl2N2OS2. The Balaban J connectivity index is 1.54. The van der Waals surface area contributed by atoms with E-state index in [2.05, 4.69) is 10.6 Å². The summed E-state index contributed by atoms with van der Waals surface area (Å²) in [7, 11) is 0. The Kier molecular flexibility index (Phi) is 6.06. The summed E-state index contributed by atoms with van der Waals surface area (Å²) >= 11 is 19.7. The number of hydrogen-bond acceptors (Lipinski definition) is 3. The summed E-state index contributed by atoms with van der Waals surface area (Å²) in [5.74, 6) is -0.111. The van der Waals surface area contributed by atoms with Crippen molar-refractivity contribution < 1.29 is 4.79 Å². The number of halogens is 2. The second-order valence-electron chi connectivity index (χ2n) is 7.78. The van der Waals surface area contributed by atoms with Crippen LogP contribution in [-0.2, 0) is 11.3 Å². The molecule has 5 rings (SSSR count). The zero-order valence-electron chi connectivity index (χ0n) is 17.6. The first-order valence-corrected chi connectivity index (χ1v) is 12.3. The highest BCUT2D eigenvalue weighted by atomic mass is 35.5. The van der Waals surface area contributed by atoms with Crippen LogP contribution in [0.15, 0.2) is 77.8 Å². The van der Waals surface area contributed by atoms with Gasteiger partial charge in [-0.25, -0.2) is 0 Å². The molecular weight excluding hydrogens is 491 g/mol. The number of rotatable bonds is 4. The number of hydrogen-bond donors (Lipinski definition) is 0. The number of benzene rings is 3. The van der Waals surface area contributed by atoms with Gasteiger partial charge in [0.05, 0.1) is 17.1 Å². The maximum Gasteiger partial charge on any atom is 0.270 e. The molecule has 0 bridgehead atoms. The fourth-order valence-electron chi connectivity index (χ4n) is 3.90. The normalized spacial score (nSPS) is 15.2. The molecule has 7 heteroatoms. The zero-order valence-corrected chi connectivity index (χ0v) is 20.7. The van der Waals surface area contributed by atoms with E-state index in [0.717, 1.165) is 33.3 Å². The van der Waals surface area contributed by atoms with E-state index < -0.39 is 0 Å². The third-order valence-electron chi connectivity index (χ3n) is 5.58. The molecule has 4 aromatic rings. The first-order chi connectivity index (χ1) is 15.9. The van der Waals surface area contributed by atoms with Crippen molar-refractivity contribution in [3.63, 3.8) is 0 Å². The van der Waals surface area contributed by atoms with Crippen LogP contribution in [0.5, 0.6) is 0 Å². The van der Waals surface area contributed by atoms with Gasteiger partial charge in [-0.05, 0) is 43.3 Å². The Hall–Kier alpha value is -2.57. The summed E-state index contributed by atoms with van der Waals surface area (Å²) in [4.78, 5) is 15.4. The number of thiocarbonyl (C=S) groups is 1. The summed E-state index contributed by atoms with van der Waals surface area (Å²) in [5.41, 5.74) is 4.75. The molecule has 0 atom stereocenters. The Morgan fingerprint density at radius 1 is 0.970 bits per heavy atom. The number of fused-ring (bicyclic) bond motifs is 1. The smallest absolute Gasteiger partial charge is 0.270 e. The van der Waals surface area contributed by atoms with E-state index in [4.69, 9.17) is 35.4 Å². The van der Waals surface area contributed by atoms with Gasteiger partial charge in [0.25, 0.3) is 5.91 Å². The van der Waals surface area contributed by atoms with Crippen molar-refractivity contribution in [1.29, 1.82) is 0 Å². The van der Waals surface area contributed by atoms with Crippen LogP contribution in [-0.4, -0.2) is 14.8 Å². The maximum atomic E-state index is 13.2. The van der Waals surface area contributed by atoms with Crippen LogP contribution in [0.3, 0.4) is 0 Å². The van der Waals surface area contributed by atoms with Gasteiger partial charge in [-0.1, -0.05) is 89.1 Å². The van der Waals surface area contributed by atoms with Gasteiger partial charge in [0.1, 0.15) is 0 Å². The topological polar surface area (TPSA) is 25.2 Å². The molecule has 33 heavy (non-hydrogen) atoms. The number of nitrogens with zero attached hydrogens (tertiary/aromatic N) is 2. The fourth-order valence-corrected chi connectivity index (χ4v) is 5.71. The largest absolute Gasteiger partial charge is 0.342 e. The molecule has 1 aromatic heterocycles. The first-order valence-electron chi connectivity index (χ1n) is 10.3. The fraction of sp³-hybridized carbons (Fsp3) is 0.0769. The van der Waals surface area contributed by atoms with Crippen molar-refractivity contribution in [3.05, 3.63) is 105 Å². The van der Waals surface area contributed by atoms with Crippen LogP contribution in [0.1, 0.15) is 16.7 Å². The van der Waals surface area contributed by atoms with Gasteiger partial charge in [-0.3, -0.25) is 9.69 Å². The highest BCUT2D eigenvalue weighted by Gasteiger charge is 2.33. The predicted molar refractivity (Wildman–Crippen MR) is 144 cm³/mol. The van der Waals surface area contributed by atoms with E-state index >= 15 is 0 Å². The Morgan fingerprint density at radius 3 is 2.39 bits per heavy atom. The maximum absolute atomic E-state index is 13.2. The molecule has 1 saturated heterocycles. The molecule has 1 aliphatic rings. The third-order valence-corrected chi connectivity index (χ3v) is 7.59. The molecule has 3 aromatic carbocycles. The van der Waals surface area contributed by atoms with E-state index in [0.29, 0.717) is 25.8 Å². The Labute approximate surface area is 211 Å². The van der Waals surface area contributed by atoms with Gasteiger partial charge in [0, 0.05) is 38.3 Å². The van der Waals surface area contributed by atoms with Crippen molar-refractivity contribution in [2.75, 3.05) is 4.90 Å². The molecule has 0 unspecified atom stereocenters. The van der Waals surface area contributed by atoms with Crippen LogP contribution in [0, 0.1) is 6.92 Å². The highest BCUT2D eigenvalue weighted by molar-refractivity contribution is 8.27. The van der Waals surface area contributed by atoms with Crippen molar-refractivity contribution >= 4 is 80.1 Å². The average molecular weight is 509 g/mol. The average Bonchev–Trinajstić information content (AvgIpc) is 3.28. The minimum absolute atomic E-state index is 0.111. The second-order valence-corrected chi connectivity index (χ2v) is 10.3. The second kappa shape index (κ2) is 8.99. The number of aryl methyl sites for hydroxylation is 1. The number of carbonyl (C=O) groups is 1. The minimum Gasteiger partial charge on any atom is -0.342 e. The quantitative estimate of drug-likeness (QED) is 0.208. The van der Waals surface area contributed by atoms with E-state index in [-0.39, 0.29) is 5.91 Å². The van der Waals surface area contributed by atoms with Crippen LogP contribution in [0.25, 0.3) is 17.0 Å². The molecule has 1 fully saturated rings. The number of aromatic nitrogens is 1. The van der Waals surface area contributed by atoms with Crippen molar-refractivity contribution in [2.45, 2.75) is 13.5 Å². The van der Waals surface area contributed by atoms with E-state index in [1.54, 1.807) is 4.90 Å². The van der Waals surface area contributed by atoms with Gasteiger partial charge >= 0.3 is 0 Å². The first kappa shape index (κ1) is 22.2.